The molecule has 2 rings (SSSR count). The van der Waals surface area contributed by atoms with Crippen LogP contribution in [0.5, 0.6) is 0 Å². The van der Waals surface area contributed by atoms with Gasteiger partial charge in [0.25, 0.3) is 0 Å². The molecule has 0 bridgehead atoms. The summed E-state index contributed by atoms with van der Waals surface area (Å²) in [5.41, 5.74) is 0. The summed E-state index contributed by atoms with van der Waals surface area (Å²) in [7, 11) is 1.96. The fraction of sp³-hybridized carbons (Fsp3) is 0.769. The largest absolute Gasteiger partial charge is 0.446 e. The van der Waals surface area contributed by atoms with Crippen molar-refractivity contribution >= 4 is 0 Å². The molecule has 1 fully saturated rings. The fourth-order valence-corrected chi connectivity index (χ4v) is 2.14. The van der Waals surface area contributed by atoms with Gasteiger partial charge in [0.2, 0.25) is 0 Å². The van der Waals surface area contributed by atoms with Crippen LogP contribution in [0.15, 0.2) is 10.6 Å². The van der Waals surface area contributed by atoms with Gasteiger partial charge >= 0.3 is 0 Å². The fourth-order valence-electron chi connectivity index (χ4n) is 2.14. The summed E-state index contributed by atoms with van der Waals surface area (Å²) in [5, 5.41) is 3.20. The molecule has 0 aromatic carbocycles. The first-order valence-electron chi connectivity index (χ1n) is 6.46. The van der Waals surface area contributed by atoms with Crippen molar-refractivity contribution in [2.45, 2.75) is 38.6 Å². The molecule has 17 heavy (non-hydrogen) atoms. The van der Waals surface area contributed by atoms with E-state index in [1.807, 2.05) is 13.2 Å². The smallest absolute Gasteiger partial charge is 0.194 e. The van der Waals surface area contributed by atoms with Gasteiger partial charge in [0.15, 0.2) is 5.89 Å². The highest BCUT2D eigenvalue weighted by atomic mass is 16.5. The highest BCUT2D eigenvalue weighted by Gasteiger charge is 2.17. The van der Waals surface area contributed by atoms with E-state index in [-0.39, 0.29) is 0 Å². The third-order valence-electron chi connectivity index (χ3n) is 3.41. The molecule has 1 aliphatic rings. The standard InChI is InChI=1S/C13H22N2O2/c1-10(14-2)7-12-9-15-13(17-12)8-11-3-5-16-6-4-11/h9-11,14H,3-8H2,1-2H3. The molecule has 0 aliphatic carbocycles. The lowest BCUT2D eigenvalue weighted by Gasteiger charge is -2.20. The number of likely N-dealkylation sites (N-methyl/N-ethyl adjacent to an activating group) is 1. The highest BCUT2D eigenvalue weighted by Crippen LogP contribution is 2.20. The minimum atomic E-state index is 0.430. The molecule has 4 heteroatoms. The van der Waals surface area contributed by atoms with E-state index in [1.165, 1.54) is 0 Å². The van der Waals surface area contributed by atoms with Crippen LogP contribution in [-0.4, -0.2) is 31.3 Å². The molecule has 1 atom stereocenters. The molecule has 0 spiro atoms. The van der Waals surface area contributed by atoms with Crippen LogP contribution in [-0.2, 0) is 17.6 Å². The Balaban J connectivity index is 1.84. The molecule has 96 valence electrons. The van der Waals surface area contributed by atoms with Gasteiger partial charge in [-0.3, -0.25) is 0 Å². The van der Waals surface area contributed by atoms with Gasteiger partial charge in [-0.1, -0.05) is 0 Å². The van der Waals surface area contributed by atoms with Crippen LogP contribution in [0.2, 0.25) is 0 Å². The molecular formula is C13H22N2O2. The van der Waals surface area contributed by atoms with Crippen LogP contribution in [0.3, 0.4) is 0 Å². The second kappa shape index (κ2) is 6.17. The van der Waals surface area contributed by atoms with Crippen molar-refractivity contribution in [1.29, 1.82) is 0 Å². The van der Waals surface area contributed by atoms with Gasteiger partial charge in [-0.2, -0.15) is 0 Å². The Morgan fingerprint density at radius 3 is 2.94 bits per heavy atom. The van der Waals surface area contributed by atoms with Crippen molar-refractivity contribution < 1.29 is 9.15 Å². The molecular weight excluding hydrogens is 216 g/mol. The number of nitrogens with one attached hydrogen (secondary N) is 1. The normalized spacial score (nSPS) is 19.4. The van der Waals surface area contributed by atoms with Crippen LogP contribution >= 0.6 is 0 Å². The number of hydrogen-bond acceptors (Lipinski definition) is 4. The summed E-state index contributed by atoms with van der Waals surface area (Å²) in [6, 6.07) is 0.430. The van der Waals surface area contributed by atoms with Gasteiger partial charge in [0.1, 0.15) is 5.76 Å². The SMILES string of the molecule is CNC(C)Cc1cnc(CC2CCOCC2)o1. The Hall–Kier alpha value is -0.870. The monoisotopic (exact) mass is 238 g/mol. The van der Waals surface area contributed by atoms with Gasteiger partial charge in [0, 0.05) is 32.1 Å². The van der Waals surface area contributed by atoms with Crippen molar-refractivity contribution in [3.8, 4) is 0 Å². The summed E-state index contributed by atoms with van der Waals surface area (Å²) < 4.78 is 11.1. The average Bonchev–Trinajstić information content (AvgIpc) is 2.77. The molecule has 1 aromatic heterocycles. The first-order chi connectivity index (χ1) is 8.28. The highest BCUT2D eigenvalue weighted by molar-refractivity contribution is 4.97. The van der Waals surface area contributed by atoms with E-state index in [0.717, 1.165) is 50.5 Å². The Labute approximate surface area is 103 Å². The summed E-state index contributed by atoms with van der Waals surface area (Å²) in [5.74, 6) is 2.54. The van der Waals surface area contributed by atoms with Crippen molar-refractivity contribution in [3.63, 3.8) is 0 Å². The van der Waals surface area contributed by atoms with Crippen LogP contribution < -0.4 is 5.32 Å². The maximum atomic E-state index is 5.77. The molecule has 4 nitrogen and oxygen atoms in total. The van der Waals surface area contributed by atoms with Crippen LogP contribution in [0.1, 0.15) is 31.4 Å². The van der Waals surface area contributed by atoms with E-state index in [2.05, 4.69) is 17.2 Å². The van der Waals surface area contributed by atoms with Gasteiger partial charge in [-0.15, -0.1) is 0 Å². The Bertz CT molecular complexity index is 332. The number of rotatable bonds is 5. The van der Waals surface area contributed by atoms with E-state index >= 15 is 0 Å². The third kappa shape index (κ3) is 3.82. The molecule has 1 N–H and O–H groups in total. The summed E-state index contributed by atoms with van der Waals surface area (Å²) in [4.78, 5) is 4.36. The summed E-state index contributed by atoms with van der Waals surface area (Å²) in [6.07, 6.45) is 5.98. The maximum absolute atomic E-state index is 5.77. The Morgan fingerprint density at radius 2 is 2.24 bits per heavy atom. The minimum Gasteiger partial charge on any atom is -0.446 e. The third-order valence-corrected chi connectivity index (χ3v) is 3.41. The Morgan fingerprint density at radius 1 is 1.47 bits per heavy atom. The number of oxazole rings is 1. The molecule has 0 saturated carbocycles. The zero-order valence-electron chi connectivity index (χ0n) is 10.7. The lowest BCUT2D eigenvalue weighted by Crippen LogP contribution is -2.23. The van der Waals surface area contributed by atoms with Crippen molar-refractivity contribution in [2.75, 3.05) is 20.3 Å². The summed E-state index contributed by atoms with van der Waals surface area (Å²) in [6.45, 7) is 3.91. The van der Waals surface area contributed by atoms with Crippen LogP contribution in [0.25, 0.3) is 0 Å². The molecule has 0 amide bonds. The van der Waals surface area contributed by atoms with Crippen LogP contribution in [0.4, 0.5) is 0 Å². The zero-order chi connectivity index (χ0) is 12.1. The minimum absolute atomic E-state index is 0.430. The van der Waals surface area contributed by atoms with Crippen LogP contribution in [0, 0.1) is 5.92 Å². The number of nitrogens with zero attached hydrogens (tertiary/aromatic N) is 1. The first-order valence-corrected chi connectivity index (χ1v) is 6.46. The second-order valence-electron chi connectivity index (χ2n) is 4.87. The molecule has 1 aromatic rings. The molecule has 1 unspecified atom stereocenters. The van der Waals surface area contributed by atoms with E-state index in [4.69, 9.17) is 9.15 Å². The lowest BCUT2D eigenvalue weighted by molar-refractivity contribution is 0.0646. The van der Waals surface area contributed by atoms with Gasteiger partial charge < -0.3 is 14.5 Å². The zero-order valence-corrected chi connectivity index (χ0v) is 10.7. The lowest BCUT2D eigenvalue weighted by atomic mass is 9.97. The van der Waals surface area contributed by atoms with E-state index in [9.17, 15) is 0 Å². The van der Waals surface area contributed by atoms with Crippen molar-refractivity contribution in [1.82, 2.24) is 10.3 Å². The number of ether oxygens (including phenoxy) is 1. The molecule has 1 saturated heterocycles. The first kappa shape index (κ1) is 12.6. The molecule has 1 aliphatic heterocycles. The van der Waals surface area contributed by atoms with Crippen molar-refractivity contribution in [2.24, 2.45) is 5.92 Å². The van der Waals surface area contributed by atoms with E-state index in [0.29, 0.717) is 12.0 Å². The molecule has 2 heterocycles. The topological polar surface area (TPSA) is 47.3 Å². The molecule has 0 radical (unpaired) electrons. The number of aromatic nitrogens is 1. The maximum Gasteiger partial charge on any atom is 0.194 e. The Kier molecular flexibility index (Phi) is 4.57. The van der Waals surface area contributed by atoms with Crippen molar-refractivity contribution in [3.05, 3.63) is 17.8 Å². The number of hydrogen-bond donors (Lipinski definition) is 1. The second-order valence-corrected chi connectivity index (χ2v) is 4.87. The van der Waals surface area contributed by atoms with Gasteiger partial charge in [0.05, 0.1) is 6.20 Å². The van der Waals surface area contributed by atoms with E-state index in [1.54, 1.807) is 0 Å². The van der Waals surface area contributed by atoms with E-state index < -0.39 is 0 Å². The predicted octanol–water partition coefficient (Wildman–Crippen LogP) is 1.79. The van der Waals surface area contributed by atoms with Gasteiger partial charge in [-0.05, 0) is 32.7 Å². The summed E-state index contributed by atoms with van der Waals surface area (Å²) >= 11 is 0. The average molecular weight is 238 g/mol. The predicted molar refractivity (Wildman–Crippen MR) is 66.0 cm³/mol. The quantitative estimate of drug-likeness (QED) is 0.849. The van der Waals surface area contributed by atoms with Gasteiger partial charge in [-0.25, -0.2) is 4.98 Å².